The first-order valence-corrected chi connectivity index (χ1v) is 10.1. The Kier molecular flexibility index (Phi) is 7.70. The average Bonchev–Trinajstić information content (AvgIpc) is 2.81. The van der Waals surface area contributed by atoms with Gasteiger partial charge in [0.1, 0.15) is 11.9 Å². The number of rotatable bonds is 9. The monoisotopic (exact) mass is 434 g/mol. The molecule has 0 bridgehead atoms. The van der Waals surface area contributed by atoms with Crippen LogP contribution in [0.4, 0.5) is 4.39 Å². The molecular formula is C25H23FN2O4. The van der Waals surface area contributed by atoms with E-state index in [-0.39, 0.29) is 19.4 Å². The Balaban J connectivity index is 1.67. The van der Waals surface area contributed by atoms with E-state index in [2.05, 4.69) is 10.6 Å². The molecule has 1 atom stereocenters. The number of carboxylic acid groups (broad SMARTS) is 1. The molecule has 2 amide bonds. The van der Waals surface area contributed by atoms with Crippen molar-refractivity contribution in [1.82, 2.24) is 10.6 Å². The molecule has 0 aliphatic rings. The highest BCUT2D eigenvalue weighted by Crippen LogP contribution is 2.19. The Morgan fingerprint density at radius 1 is 0.844 bits per heavy atom. The third-order valence-electron chi connectivity index (χ3n) is 4.93. The minimum Gasteiger partial charge on any atom is -0.481 e. The third-order valence-corrected chi connectivity index (χ3v) is 4.93. The van der Waals surface area contributed by atoms with Gasteiger partial charge in [-0.3, -0.25) is 14.4 Å². The van der Waals surface area contributed by atoms with Crippen LogP contribution in [0, 0.1) is 5.82 Å². The molecule has 0 aliphatic carbocycles. The highest BCUT2D eigenvalue weighted by atomic mass is 19.1. The quantitative estimate of drug-likeness (QED) is 0.478. The minimum absolute atomic E-state index is 0.0727. The standard InChI is InChI=1S/C25H23FN2O4/c26-21-9-5-4-8-20(21)16-27-25(32)22(14-15-23(29)30)28-24(31)19-12-10-18(11-13-19)17-6-2-1-3-7-17/h1-13,22H,14-16H2,(H,27,32)(H,28,31)(H,29,30)/t22-/m0/s1. The second-order valence-corrected chi connectivity index (χ2v) is 7.21. The van der Waals surface area contributed by atoms with E-state index in [1.165, 1.54) is 12.1 Å². The second-order valence-electron chi connectivity index (χ2n) is 7.21. The molecule has 0 fully saturated rings. The molecule has 3 N–H and O–H groups in total. The van der Waals surface area contributed by atoms with Gasteiger partial charge in [-0.1, -0.05) is 60.7 Å². The van der Waals surface area contributed by atoms with Crippen molar-refractivity contribution < 1.29 is 23.9 Å². The summed E-state index contributed by atoms with van der Waals surface area (Å²) in [6.07, 6.45) is -0.392. The fraction of sp³-hybridized carbons (Fsp3) is 0.160. The summed E-state index contributed by atoms with van der Waals surface area (Å²) in [6.45, 7) is -0.0727. The van der Waals surface area contributed by atoms with Gasteiger partial charge in [0.05, 0.1) is 0 Å². The van der Waals surface area contributed by atoms with Gasteiger partial charge in [0.25, 0.3) is 5.91 Å². The van der Waals surface area contributed by atoms with E-state index >= 15 is 0 Å². The molecule has 6 nitrogen and oxygen atoms in total. The first-order valence-electron chi connectivity index (χ1n) is 10.1. The number of aliphatic carboxylic acids is 1. The van der Waals surface area contributed by atoms with E-state index in [1.54, 1.807) is 36.4 Å². The number of carbonyl (C=O) groups excluding carboxylic acids is 2. The van der Waals surface area contributed by atoms with Gasteiger partial charge in [-0.25, -0.2) is 4.39 Å². The Hall–Kier alpha value is -4.00. The van der Waals surface area contributed by atoms with Gasteiger partial charge >= 0.3 is 5.97 Å². The van der Waals surface area contributed by atoms with Crippen molar-refractivity contribution in [2.75, 3.05) is 0 Å². The summed E-state index contributed by atoms with van der Waals surface area (Å²) in [5, 5.41) is 14.1. The van der Waals surface area contributed by atoms with Crippen LogP contribution in [0.5, 0.6) is 0 Å². The van der Waals surface area contributed by atoms with Crippen LogP contribution in [-0.4, -0.2) is 28.9 Å². The summed E-state index contributed by atoms with van der Waals surface area (Å²) < 4.78 is 13.8. The minimum atomic E-state index is -1.08. The summed E-state index contributed by atoms with van der Waals surface area (Å²) in [5.41, 5.74) is 2.58. The maximum absolute atomic E-state index is 13.8. The Labute approximate surface area is 185 Å². The molecule has 0 saturated heterocycles. The number of carboxylic acids is 1. The van der Waals surface area contributed by atoms with E-state index < -0.39 is 29.6 Å². The molecule has 3 rings (SSSR count). The number of hydrogen-bond acceptors (Lipinski definition) is 3. The maximum Gasteiger partial charge on any atom is 0.303 e. The molecule has 0 heterocycles. The molecule has 0 aromatic heterocycles. The Morgan fingerprint density at radius 2 is 1.47 bits per heavy atom. The van der Waals surface area contributed by atoms with Gasteiger partial charge in [-0.05, 0) is 35.7 Å². The zero-order chi connectivity index (χ0) is 22.9. The van der Waals surface area contributed by atoms with Crippen molar-refractivity contribution in [2.24, 2.45) is 0 Å². The average molecular weight is 434 g/mol. The van der Waals surface area contributed by atoms with Crippen molar-refractivity contribution in [3.63, 3.8) is 0 Å². The van der Waals surface area contributed by atoms with Crippen molar-refractivity contribution >= 4 is 17.8 Å². The molecule has 0 saturated carbocycles. The molecule has 0 spiro atoms. The summed E-state index contributed by atoms with van der Waals surface area (Å²) in [6, 6.07) is 21.5. The van der Waals surface area contributed by atoms with Gasteiger partial charge in [0.2, 0.25) is 5.91 Å². The zero-order valence-corrected chi connectivity index (χ0v) is 17.3. The number of amides is 2. The molecule has 164 valence electrons. The predicted octanol–water partition coefficient (Wildman–Crippen LogP) is 3.77. The molecule has 0 radical (unpaired) electrons. The second kappa shape index (κ2) is 10.9. The molecule has 3 aromatic carbocycles. The molecule has 0 aliphatic heterocycles. The van der Waals surface area contributed by atoms with Crippen molar-refractivity contribution in [3.05, 3.63) is 95.8 Å². The van der Waals surface area contributed by atoms with Crippen LogP contribution in [0.1, 0.15) is 28.8 Å². The van der Waals surface area contributed by atoms with Crippen LogP contribution < -0.4 is 10.6 Å². The van der Waals surface area contributed by atoms with Crippen LogP contribution in [0.3, 0.4) is 0 Å². The summed E-state index contributed by atoms with van der Waals surface area (Å²) in [4.78, 5) is 36.3. The van der Waals surface area contributed by atoms with Crippen molar-refractivity contribution in [3.8, 4) is 11.1 Å². The first kappa shape index (κ1) is 22.7. The van der Waals surface area contributed by atoms with Gasteiger partial charge < -0.3 is 15.7 Å². The van der Waals surface area contributed by atoms with E-state index in [0.717, 1.165) is 11.1 Å². The molecular weight excluding hydrogens is 411 g/mol. The van der Waals surface area contributed by atoms with Gasteiger partial charge in [-0.15, -0.1) is 0 Å². The fourth-order valence-corrected chi connectivity index (χ4v) is 3.17. The van der Waals surface area contributed by atoms with Crippen LogP contribution >= 0.6 is 0 Å². The number of halogens is 1. The number of carbonyl (C=O) groups is 3. The van der Waals surface area contributed by atoms with Crippen LogP contribution in [-0.2, 0) is 16.1 Å². The molecule has 32 heavy (non-hydrogen) atoms. The molecule has 0 unspecified atom stereocenters. The lowest BCUT2D eigenvalue weighted by Crippen LogP contribution is -2.46. The topological polar surface area (TPSA) is 95.5 Å². The van der Waals surface area contributed by atoms with Crippen LogP contribution in [0.2, 0.25) is 0 Å². The highest BCUT2D eigenvalue weighted by molar-refractivity contribution is 5.98. The molecule has 3 aromatic rings. The normalized spacial score (nSPS) is 11.4. The van der Waals surface area contributed by atoms with E-state index in [0.29, 0.717) is 11.1 Å². The molecule has 7 heteroatoms. The summed E-state index contributed by atoms with van der Waals surface area (Å²) >= 11 is 0. The highest BCUT2D eigenvalue weighted by Gasteiger charge is 2.22. The largest absolute Gasteiger partial charge is 0.481 e. The van der Waals surface area contributed by atoms with E-state index in [4.69, 9.17) is 5.11 Å². The lowest BCUT2D eigenvalue weighted by Gasteiger charge is -2.18. The smallest absolute Gasteiger partial charge is 0.303 e. The number of nitrogens with one attached hydrogen (secondary N) is 2. The Bertz CT molecular complexity index is 1080. The summed E-state index contributed by atoms with van der Waals surface area (Å²) in [5.74, 6) is -2.62. The van der Waals surface area contributed by atoms with Crippen molar-refractivity contribution in [2.45, 2.75) is 25.4 Å². The van der Waals surface area contributed by atoms with Gasteiger partial charge in [0.15, 0.2) is 0 Å². The lowest BCUT2D eigenvalue weighted by atomic mass is 10.0. The van der Waals surface area contributed by atoms with Gasteiger partial charge in [0, 0.05) is 24.1 Å². The summed E-state index contributed by atoms with van der Waals surface area (Å²) in [7, 11) is 0. The zero-order valence-electron chi connectivity index (χ0n) is 17.3. The maximum atomic E-state index is 13.8. The van der Waals surface area contributed by atoms with E-state index in [1.807, 2.05) is 30.3 Å². The number of benzene rings is 3. The van der Waals surface area contributed by atoms with Crippen LogP contribution in [0.25, 0.3) is 11.1 Å². The lowest BCUT2D eigenvalue weighted by molar-refractivity contribution is -0.137. The van der Waals surface area contributed by atoms with Crippen LogP contribution in [0.15, 0.2) is 78.9 Å². The first-order chi connectivity index (χ1) is 15.4. The van der Waals surface area contributed by atoms with E-state index in [9.17, 15) is 18.8 Å². The fourth-order valence-electron chi connectivity index (χ4n) is 3.17. The third kappa shape index (κ3) is 6.25. The Morgan fingerprint density at radius 3 is 2.12 bits per heavy atom. The SMILES string of the molecule is O=C(O)CC[C@H](NC(=O)c1ccc(-c2ccccc2)cc1)C(=O)NCc1ccccc1F. The van der Waals surface area contributed by atoms with Gasteiger partial charge in [-0.2, -0.15) is 0 Å². The van der Waals surface area contributed by atoms with Crippen molar-refractivity contribution in [1.29, 1.82) is 0 Å². The number of hydrogen-bond donors (Lipinski definition) is 3. The predicted molar refractivity (Wildman–Crippen MR) is 118 cm³/mol.